The highest BCUT2D eigenvalue weighted by molar-refractivity contribution is 5.15. The van der Waals surface area contributed by atoms with E-state index in [0.29, 0.717) is 11.6 Å². The van der Waals surface area contributed by atoms with Crippen LogP contribution in [0, 0.1) is 0 Å². The Hall–Kier alpha value is -0.860. The van der Waals surface area contributed by atoms with Gasteiger partial charge in [0.05, 0.1) is 12.7 Å². The maximum absolute atomic E-state index is 6.00. The second kappa shape index (κ2) is 3.62. The molecule has 1 unspecified atom stereocenters. The topological polar surface area (TPSA) is 21.3 Å². The van der Waals surface area contributed by atoms with Gasteiger partial charge in [0, 0.05) is 5.54 Å². The fraction of sp³-hybridized carbons (Fsp3) is 0.538. The molecule has 0 amide bonds. The molecule has 2 nitrogen and oxygen atoms in total. The lowest BCUT2D eigenvalue weighted by molar-refractivity contribution is 0.0264. The molecule has 1 heterocycles. The Kier molecular flexibility index (Phi) is 2.26. The molecule has 80 valence electrons. The lowest BCUT2D eigenvalue weighted by Crippen LogP contribution is -2.34. The van der Waals surface area contributed by atoms with Crippen molar-refractivity contribution < 1.29 is 4.74 Å². The monoisotopic (exact) mass is 203 g/mol. The van der Waals surface area contributed by atoms with E-state index in [2.05, 4.69) is 29.6 Å². The van der Waals surface area contributed by atoms with Gasteiger partial charge >= 0.3 is 0 Å². The van der Waals surface area contributed by atoms with Crippen LogP contribution in [0.15, 0.2) is 30.3 Å². The van der Waals surface area contributed by atoms with E-state index in [1.54, 1.807) is 0 Å². The molecule has 1 aromatic carbocycles. The average molecular weight is 203 g/mol. The summed E-state index contributed by atoms with van der Waals surface area (Å²) in [7, 11) is 0. The Morgan fingerprint density at radius 3 is 2.80 bits per heavy atom. The van der Waals surface area contributed by atoms with Crippen molar-refractivity contribution in [3.8, 4) is 0 Å². The third-order valence-corrected chi connectivity index (χ3v) is 3.58. The van der Waals surface area contributed by atoms with E-state index in [4.69, 9.17) is 4.74 Å². The van der Waals surface area contributed by atoms with E-state index in [9.17, 15) is 0 Å². The second-order valence-corrected chi connectivity index (χ2v) is 4.66. The molecule has 15 heavy (non-hydrogen) atoms. The van der Waals surface area contributed by atoms with E-state index in [1.165, 1.54) is 24.8 Å². The van der Waals surface area contributed by atoms with Gasteiger partial charge < -0.3 is 10.1 Å². The molecule has 2 fully saturated rings. The summed E-state index contributed by atoms with van der Waals surface area (Å²) in [4.78, 5) is 0. The number of ether oxygens (including phenoxy) is 1. The first kappa shape index (κ1) is 9.37. The zero-order chi connectivity index (χ0) is 10.1. The summed E-state index contributed by atoms with van der Waals surface area (Å²) in [5.41, 5.74) is 1.65. The van der Waals surface area contributed by atoms with Crippen molar-refractivity contribution >= 4 is 0 Å². The van der Waals surface area contributed by atoms with E-state index >= 15 is 0 Å². The maximum atomic E-state index is 6.00. The molecule has 1 aromatic rings. The molecular weight excluding hydrogens is 186 g/mol. The lowest BCUT2D eigenvalue weighted by atomic mass is 10.1. The highest BCUT2D eigenvalue weighted by Gasteiger charge is 2.52. The zero-order valence-corrected chi connectivity index (χ0v) is 8.91. The fourth-order valence-electron chi connectivity index (χ4n) is 2.49. The first-order valence-corrected chi connectivity index (χ1v) is 5.80. The Morgan fingerprint density at radius 2 is 2.07 bits per heavy atom. The van der Waals surface area contributed by atoms with Crippen LogP contribution >= 0.6 is 0 Å². The Balaban J connectivity index is 1.58. The van der Waals surface area contributed by atoms with Gasteiger partial charge in [0.2, 0.25) is 0 Å². The highest BCUT2D eigenvalue weighted by atomic mass is 16.5. The normalized spacial score (nSPS) is 27.1. The molecule has 1 aliphatic heterocycles. The number of hydrogen-bond acceptors (Lipinski definition) is 2. The SMILES string of the molecule is c1ccc(COC2CCNC23CC3)cc1. The number of hydrogen-bond donors (Lipinski definition) is 1. The van der Waals surface area contributed by atoms with Crippen molar-refractivity contribution in [2.24, 2.45) is 0 Å². The minimum atomic E-state index is 0.370. The van der Waals surface area contributed by atoms with E-state index in [-0.39, 0.29) is 0 Å². The summed E-state index contributed by atoms with van der Waals surface area (Å²) in [6, 6.07) is 10.4. The molecule has 1 atom stereocenters. The van der Waals surface area contributed by atoms with Gasteiger partial charge in [-0.3, -0.25) is 0 Å². The molecule has 1 spiro atoms. The molecule has 0 bridgehead atoms. The van der Waals surface area contributed by atoms with Crippen molar-refractivity contribution in [3.05, 3.63) is 35.9 Å². The van der Waals surface area contributed by atoms with Crippen LogP contribution in [0.4, 0.5) is 0 Å². The molecule has 2 aliphatic rings. The smallest absolute Gasteiger partial charge is 0.0773 e. The summed E-state index contributed by atoms with van der Waals surface area (Å²) in [6.07, 6.45) is 4.21. The van der Waals surface area contributed by atoms with Crippen LogP contribution in [-0.4, -0.2) is 18.2 Å². The van der Waals surface area contributed by atoms with Gasteiger partial charge in [-0.05, 0) is 31.4 Å². The van der Waals surface area contributed by atoms with Crippen LogP contribution < -0.4 is 5.32 Å². The zero-order valence-electron chi connectivity index (χ0n) is 8.91. The van der Waals surface area contributed by atoms with Crippen LogP contribution in [0.3, 0.4) is 0 Å². The van der Waals surface area contributed by atoms with E-state index in [0.717, 1.165) is 13.2 Å². The van der Waals surface area contributed by atoms with Crippen molar-refractivity contribution in [2.75, 3.05) is 6.54 Å². The maximum Gasteiger partial charge on any atom is 0.0773 e. The van der Waals surface area contributed by atoms with Gasteiger partial charge in [0.15, 0.2) is 0 Å². The van der Waals surface area contributed by atoms with Crippen LogP contribution in [0.5, 0.6) is 0 Å². The Labute approximate surface area is 90.6 Å². The van der Waals surface area contributed by atoms with Crippen LogP contribution in [0.25, 0.3) is 0 Å². The quantitative estimate of drug-likeness (QED) is 0.812. The molecule has 0 radical (unpaired) electrons. The molecule has 1 saturated heterocycles. The predicted octanol–water partition coefficient (Wildman–Crippen LogP) is 2.10. The second-order valence-electron chi connectivity index (χ2n) is 4.66. The van der Waals surface area contributed by atoms with Gasteiger partial charge in [-0.2, -0.15) is 0 Å². The van der Waals surface area contributed by atoms with Crippen molar-refractivity contribution in [2.45, 2.75) is 37.5 Å². The van der Waals surface area contributed by atoms with Gasteiger partial charge in [0.1, 0.15) is 0 Å². The fourth-order valence-corrected chi connectivity index (χ4v) is 2.49. The molecule has 3 rings (SSSR count). The third kappa shape index (κ3) is 1.80. The Morgan fingerprint density at radius 1 is 1.27 bits per heavy atom. The van der Waals surface area contributed by atoms with Gasteiger partial charge in [-0.15, -0.1) is 0 Å². The highest BCUT2D eigenvalue weighted by Crippen LogP contribution is 2.44. The van der Waals surface area contributed by atoms with E-state index in [1.807, 2.05) is 6.07 Å². The minimum absolute atomic E-state index is 0.370. The van der Waals surface area contributed by atoms with Gasteiger partial charge in [-0.25, -0.2) is 0 Å². The molecular formula is C13H17NO. The number of benzene rings is 1. The van der Waals surface area contributed by atoms with Crippen LogP contribution in [-0.2, 0) is 11.3 Å². The molecule has 2 heteroatoms. The molecule has 1 aliphatic carbocycles. The lowest BCUT2D eigenvalue weighted by Gasteiger charge is -2.18. The summed E-state index contributed by atoms with van der Waals surface area (Å²) in [6.45, 7) is 1.88. The standard InChI is InChI=1S/C13H17NO/c1-2-4-11(5-3-1)10-15-12-6-9-14-13(12)7-8-13/h1-5,12,14H,6-10H2. The largest absolute Gasteiger partial charge is 0.372 e. The Bertz CT molecular complexity index is 332. The van der Waals surface area contributed by atoms with Crippen LogP contribution in [0.2, 0.25) is 0 Å². The van der Waals surface area contributed by atoms with Gasteiger partial charge in [-0.1, -0.05) is 30.3 Å². The number of nitrogens with one attached hydrogen (secondary N) is 1. The summed E-state index contributed by atoms with van der Waals surface area (Å²) in [5.74, 6) is 0. The average Bonchev–Trinajstić information content (AvgIpc) is 2.93. The van der Waals surface area contributed by atoms with Crippen LogP contribution in [0.1, 0.15) is 24.8 Å². The van der Waals surface area contributed by atoms with E-state index < -0.39 is 0 Å². The van der Waals surface area contributed by atoms with Crippen molar-refractivity contribution in [1.82, 2.24) is 5.32 Å². The van der Waals surface area contributed by atoms with Crippen molar-refractivity contribution in [1.29, 1.82) is 0 Å². The first-order chi connectivity index (χ1) is 7.39. The van der Waals surface area contributed by atoms with Crippen molar-refractivity contribution in [3.63, 3.8) is 0 Å². The summed E-state index contributed by atoms with van der Waals surface area (Å²) < 4.78 is 6.00. The molecule has 0 aromatic heterocycles. The first-order valence-electron chi connectivity index (χ1n) is 5.80. The molecule has 1 saturated carbocycles. The summed E-state index contributed by atoms with van der Waals surface area (Å²) in [5, 5.41) is 3.57. The third-order valence-electron chi connectivity index (χ3n) is 3.58. The summed E-state index contributed by atoms with van der Waals surface area (Å²) >= 11 is 0. The number of rotatable bonds is 3. The minimum Gasteiger partial charge on any atom is -0.372 e. The molecule has 1 N–H and O–H groups in total. The van der Waals surface area contributed by atoms with Gasteiger partial charge in [0.25, 0.3) is 0 Å². The predicted molar refractivity (Wildman–Crippen MR) is 59.6 cm³/mol.